The molecule has 0 aromatic carbocycles. The lowest BCUT2D eigenvalue weighted by Crippen LogP contribution is -2.18. The van der Waals surface area contributed by atoms with Crippen LogP contribution < -0.4 is 0 Å². The van der Waals surface area contributed by atoms with Crippen LogP contribution >= 0.6 is 0 Å². The molecule has 1 N–H and O–H groups in total. The van der Waals surface area contributed by atoms with Gasteiger partial charge in [0, 0.05) is 12.8 Å². The zero-order valence-electron chi connectivity index (χ0n) is 30.4. The van der Waals surface area contributed by atoms with Crippen molar-refractivity contribution >= 4 is 11.9 Å². The van der Waals surface area contributed by atoms with Crippen molar-refractivity contribution in [2.24, 2.45) is 0 Å². The predicted molar refractivity (Wildman–Crippen MR) is 199 cm³/mol. The van der Waals surface area contributed by atoms with Crippen molar-refractivity contribution in [3.05, 3.63) is 48.6 Å². The van der Waals surface area contributed by atoms with Crippen LogP contribution in [0.15, 0.2) is 48.6 Å². The van der Waals surface area contributed by atoms with Crippen LogP contribution in [0.2, 0.25) is 0 Å². The van der Waals surface area contributed by atoms with Gasteiger partial charge in [0.1, 0.15) is 6.10 Å². The van der Waals surface area contributed by atoms with Crippen LogP contribution in [0.3, 0.4) is 0 Å². The molecule has 0 bridgehead atoms. The maximum Gasteiger partial charge on any atom is 0.306 e. The summed E-state index contributed by atoms with van der Waals surface area (Å²) in [5.74, 6) is -0.665. The van der Waals surface area contributed by atoms with Crippen molar-refractivity contribution in [1.82, 2.24) is 0 Å². The molecule has 1 atom stereocenters. The molecule has 266 valence electrons. The van der Waals surface area contributed by atoms with E-state index in [-0.39, 0.29) is 12.1 Å². The molecule has 0 rings (SSSR count). The highest BCUT2D eigenvalue weighted by Gasteiger charge is 2.14. The maximum atomic E-state index is 12.6. The number of allylic oxidation sites excluding steroid dienone is 8. The summed E-state index contributed by atoms with van der Waals surface area (Å²) in [6.07, 6.45) is 50.2. The molecule has 46 heavy (non-hydrogen) atoms. The molecule has 0 fully saturated rings. The molecule has 0 amide bonds. The zero-order chi connectivity index (χ0) is 33.6. The number of carbonyl (C=O) groups is 2. The molecule has 0 saturated heterocycles. The molecule has 0 aromatic rings. The fraction of sp³-hybridized carbons (Fsp3) is 0.762. The number of hydrogen-bond acceptors (Lipinski definition) is 3. The van der Waals surface area contributed by atoms with Gasteiger partial charge in [0.15, 0.2) is 0 Å². The molecule has 0 radical (unpaired) electrons. The van der Waals surface area contributed by atoms with Crippen LogP contribution in [-0.4, -0.2) is 23.1 Å². The SMILES string of the molecule is CC/C=C\C/C=C\C/C=C\C/C=C\CCCCC(=O)OC(CCCCCC)CCCCCCCCCCCCCCCCC(=O)O. The first-order valence-corrected chi connectivity index (χ1v) is 19.6. The van der Waals surface area contributed by atoms with E-state index in [1.807, 2.05) is 0 Å². The third kappa shape index (κ3) is 36.4. The third-order valence-corrected chi connectivity index (χ3v) is 8.57. The molecule has 4 nitrogen and oxygen atoms in total. The summed E-state index contributed by atoms with van der Waals surface area (Å²) < 4.78 is 5.98. The van der Waals surface area contributed by atoms with Gasteiger partial charge in [0.05, 0.1) is 0 Å². The van der Waals surface area contributed by atoms with Crippen LogP contribution in [0.25, 0.3) is 0 Å². The van der Waals surface area contributed by atoms with Gasteiger partial charge < -0.3 is 9.84 Å². The Bertz CT molecular complexity index is 779. The quantitative estimate of drug-likeness (QED) is 0.0424. The summed E-state index contributed by atoms with van der Waals surface area (Å²) in [6.45, 7) is 4.40. The second kappa shape index (κ2) is 37.4. The van der Waals surface area contributed by atoms with Crippen LogP contribution in [0, 0.1) is 0 Å². The van der Waals surface area contributed by atoms with Gasteiger partial charge in [-0.05, 0) is 77.0 Å². The Hall–Kier alpha value is -2.10. The summed E-state index contributed by atoms with van der Waals surface area (Å²) in [4.78, 5) is 23.1. The first-order chi connectivity index (χ1) is 22.6. The van der Waals surface area contributed by atoms with Crippen LogP contribution in [0.4, 0.5) is 0 Å². The average molecular weight is 643 g/mol. The van der Waals surface area contributed by atoms with E-state index in [0.29, 0.717) is 12.8 Å². The van der Waals surface area contributed by atoms with E-state index in [2.05, 4.69) is 62.5 Å². The van der Waals surface area contributed by atoms with Gasteiger partial charge in [0.2, 0.25) is 0 Å². The normalized spacial score (nSPS) is 12.7. The molecule has 1 unspecified atom stereocenters. The standard InChI is InChI=1S/C42H74O4/c1-3-5-7-9-10-11-12-13-14-19-22-25-28-31-35-39-42(45)46-40(36-32-8-6-4-2)37-33-29-26-23-20-17-15-16-18-21-24-27-30-34-38-41(43)44/h5,7,10-11,13-14,22,25,40H,3-4,6,8-9,12,15-21,23-24,26-39H2,1-2H3,(H,43,44)/b7-5-,11-10-,14-13-,25-22-. The van der Waals surface area contributed by atoms with Crippen LogP contribution in [0.5, 0.6) is 0 Å². The topological polar surface area (TPSA) is 63.6 Å². The Labute approximate surface area is 285 Å². The molecule has 0 aliphatic rings. The van der Waals surface area contributed by atoms with E-state index < -0.39 is 5.97 Å². The minimum Gasteiger partial charge on any atom is -0.481 e. The summed E-state index contributed by atoms with van der Waals surface area (Å²) in [5.41, 5.74) is 0. The third-order valence-electron chi connectivity index (χ3n) is 8.57. The average Bonchev–Trinajstić information content (AvgIpc) is 3.04. The van der Waals surface area contributed by atoms with Crippen LogP contribution in [-0.2, 0) is 14.3 Å². The van der Waals surface area contributed by atoms with Gasteiger partial charge in [-0.15, -0.1) is 0 Å². The number of aliphatic carboxylic acids is 1. The Morgan fingerprint density at radius 1 is 0.500 bits per heavy atom. The summed E-state index contributed by atoms with van der Waals surface area (Å²) in [7, 11) is 0. The number of ether oxygens (including phenoxy) is 1. The monoisotopic (exact) mass is 643 g/mol. The molecular weight excluding hydrogens is 568 g/mol. The van der Waals surface area contributed by atoms with Gasteiger partial charge in [-0.1, -0.05) is 159 Å². The number of esters is 1. The van der Waals surface area contributed by atoms with Gasteiger partial charge in [-0.2, -0.15) is 0 Å². The van der Waals surface area contributed by atoms with Crippen molar-refractivity contribution in [2.75, 3.05) is 0 Å². The van der Waals surface area contributed by atoms with Crippen molar-refractivity contribution in [3.63, 3.8) is 0 Å². The lowest BCUT2D eigenvalue weighted by Gasteiger charge is -2.18. The second-order valence-corrected chi connectivity index (χ2v) is 13.1. The predicted octanol–water partition coefficient (Wildman–Crippen LogP) is 13.6. The number of hydrogen-bond donors (Lipinski definition) is 1. The first kappa shape index (κ1) is 43.9. The van der Waals surface area contributed by atoms with Crippen molar-refractivity contribution in [2.45, 2.75) is 206 Å². The lowest BCUT2D eigenvalue weighted by molar-refractivity contribution is -0.150. The van der Waals surface area contributed by atoms with E-state index in [1.165, 1.54) is 103 Å². The van der Waals surface area contributed by atoms with E-state index in [0.717, 1.165) is 70.6 Å². The fourth-order valence-electron chi connectivity index (χ4n) is 5.70. The Kier molecular flexibility index (Phi) is 35.7. The van der Waals surface area contributed by atoms with Gasteiger partial charge >= 0.3 is 11.9 Å². The van der Waals surface area contributed by atoms with Gasteiger partial charge in [0.25, 0.3) is 0 Å². The summed E-state index contributed by atoms with van der Waals surface area (Å²) >= 11 is 0. The molecule has 0 heterocycles. The van der Waals surface area contributed by atoms with E-state index in [4.69, 9.17) is 9.84 Å². The number of rotatable bonds is 35. The smallest absolute Gasteiger partial charge is 0.306 e. The number of carbonyl (C=O) groups excluding carboxylic acids is 1. The maximum absolute atomic E-state index is 12.6. The minimum absolute atomic E-state index is 0.00355. The lowest BCUT2D eigenvalue weighted by atomic mass is 10.0. The fourth-order valence-corrected chi connectivity index (χ4v) is 5.70. The van der Waals surface area contributed by atoms with E-state index in [9.17, 15) is 9.59 Å². The Balaban J connectivity index is 3.88. The van der Waals surface area contributed by atoms with E-state index in [1.54, 1.807) is 0 Å². The molecule has 0 aliphatic carbocycles. The van der Waals surface area contributed by atoms with Crippen molar-refractivity contribution in [1.29, 1.82) is 0 Å². The van der Waals surface area contributed by atoms with Crippen molar-refractivity contribution in [3.8, 4) is 0 Å². The molecule has 0 aliphatic heterocycles. The zero-order valence-corrected chi connectivity index (χ0v) is 30.4. The molecule has 4 heteroatoms. The highest BCUT2D eigenvalue weighted by molar-refractivity contribution is 5.69. The Morgan fingerprint density at radius 3 is 1.39 bits per heavy atom. The number of unbranched alkanes of at least 4 members (excludes halogenated alkanes) is 18. The largest absolute Gasteiger partial charge is 0.481 e. The minimum atomic E-state index is -0.668. The van der Waals surface area contributed by atoms with Crippen LogP contribution in [0.1, 0.15) is 200 Å². The van der Waals surface area contributed by atoms with Gasteiger partial charge in [-0.3, -0.25) is 9.59 Å². The molecule has 0 saturated carbocycles. The highest BCUT2D eigenvalue weighted by atomic mass is 16.5. The summed E-state index contributed by atoms with van der Waals surface area (Å²) in [5, 5.41) is 8.67. The molecular formula is C42H74O4. The van der Waals surface area contributed by atoms with Gasteiger partial charge in [-0.25, -0.2) is 0 Å². The van der Waals surface area contributed by atoms with Crippen molar-refractivity contribution < 1.29 is 19.4 Å². The van der Waals surface area contributed by atoms with E-state index >= 15 is 0 Å². The second-order valence-electron chi connectivity index (χ2n) is 13.1. The highest BCUT2D eigenvalue weighted by Crippen LogP contribution is 2.18. The summed E-state index contributed by atoms with van der Waals surface area (Å²) in [6, 6.07) is 0. The molecule has 0 aromatic heterocycles. The number of carboxylic acid groups (broad SMARTS) is 1. The number of carboxylic acids is 1. The first-order valence-electron chi connectivity index (χ1n) is 19.6. The molecule has 0 spiro atoms. The Morgan fingerprint density at radius 2 is 0.913 bits per heavy atom.